The third kappa shape index (κ3) is 3.86. The van der Waals surface area contributed by atoms with Gasteiger partial charge in [-0.05, 0) is 61.1 Å². The highest BCUT2D eigenvalue weighted by molar-refractivity contribution is 8.00. The van der Waals surface area contributed by atoms with E-state index < -0.39 is 0 Å². The van der Waals surface area contributed by atoms with Gasteiger partial charge in [-0.25, -0.2) is 0 Å². The molecule has 7 heteroatoms. The van der Waals surface area contributed by atoms with Crippen molar-refractivity contribution in [2.24, 2.45) is 0 Å². The van der Waals surface area contributed by atoms with Crippen LogP contribution in [0.15, 0.2) is 82.7 Å². The number of para-hydroxylation sites is 1. The second-order valence-electron chi connectivity index (χ2n) is 8.97. The fourth-order valence-electron chi connectivity index (χ4n) is 4.89. The minimum absolute atomic E-state index is 0.0726. The molecule has 1 aliphatic carbocycles. The second kappa shape index (κ2) is 8.82. The van der Waals surface area contributed by atoms with Gasteiger partial charge in [0.25, 0.3) is 5.56 Å². The fourth-order valence-corrected chi connectivity index (χ4v) is 5.82. The molecular weight excluding hydrogens is 456 g/mol. The van der Waals surface area contributed by atoms with Gasteiger partial charge in [-0.2, -0.15) is 0 Å². The van der Waals surface area contributed by atoms with Crippen LogP contribution in [0.5, 0.6) is 0 Å². The molecule has 35 heavy (non-hydrogen) atoms. The van der Waals surface area contributed by atoms with Crippen LogP contribution >= 0.6 is 11.8 Å². The highest BCUT2D eigenvalue weighted by Crippen LogP contribution is 2.29. The number of benzene rings is 3. The van der Waals surface area contributed by atoms with Gasteiger partial charge in [0.15, 0.2) is 10.9 Å². The lowest BCUT2D eigenvalue weighted by molar-refractivity contribution is 0.0993. The number of thioether (sulfide) groups is 1. The van der Waals surface area contributed by atoms with E-state index in [0.717, 1.165) is 35.9 Å². The summed E-state index contributed by atoms with van der Waals surface area (Å²) in [6, 6.07) is 23.4. The Morgan fingerprint density at radius 3 is 2.60 bits per heavy atom. The minimum Gasteiger partial charge on any atom is -0.293 e. The van der Waals surface area contributed by atoms with E-state index in [1.54, 1.807) is 4.57 Å². The van der Waals surface area contributed by atoms with Gasteiger partial charge in [0.05, 0.1) is 22.7 Å². The molecule has 5 aromatic rings. The number of carbonyl (C=O) groups excluding carboxylic acids is 1. The predicted octanol–water partition coefficient (Wildman–Crippen LogP) is 4.94. The number of Topliss-reactive ketones (excluding diaryl/α,β-unsaturated/α-hetero) is 1. The Kier molecular flexibility index (Phi) is 5.49. The maximum Gasteiger partial charge on any atom is 0.263 e. The van der Waals surface area contributed by atoms with Crippen LogP contribution in [0.4, 0.5) is 0 Å². The average Bonchev–Trinajstić information content (AvgIpc) is 3.53. The van der Waals surface area contributed by atoms with Gasteiger partial charge in [-0.1, -0.05) is 66.4 Å². The van der Waals surface area contributed by atoms with Crippen molar-refractivity contribution in [3.63, 3.8) is 0 Å². The number of ketones is 1. The van der Waals surface area contributed by atoms with Gasteiger partial charge in [-0.3, -0.25) is 18.6 Å². The lowest BCUT2D eigenvalue weighted by atomic mass is 10.0. The first kappa shape index (κ1) is 21.8. The molecule has 0 saturated carbocycles. The van der Waals surface area contributed by atoms with Crippen LogP contribution in [0.25, 0.3) is 16.7 Å². The summed E-state index contributed by atoms with van der Waals surface area (Å²) in [5.41, 5.74) is 5.02. The minimum atomic E-state index is -0.352. The lowest BCUT2D eigenvalue weighted by Crippen LogP contribution is -2.24. The fraction of sp³-hybridized carbons (Fsp3) is 0.214. The predicted molar refractivity (Wildman–Crippen MR) is 138 cm³/mol. The molecule has 0 spiro atoms. The summed E-state index contributed by atoms with van der Waals surface area (Å²) >= 11 is 1.38. The molecule has 0 aliphatic heterocycles. The van der Waals surface area contributed by atoms with Crippen LogP contribution in [0.1, 0.15) is 40.4 Å². The normalized spacial score (nSPS) is 13.9. The third-order valence-electron chi connectivity index (χ3n) is 6.70. The van der Waals surface area contributed by atoms with Gasteiger partial charge in [0.1, 0.15) is 0 Å². The molecule has 2 aromatic heterocycles. The monoisotopic (exact) mass is 480 g/mol. The molecule has 0 N–H and O–H groups in total. The SMILES string of the molecule is CC(Sc1nnc2n(Cc3ccccc3)c(=O)c3ccccc3n12)C(=O)c1ccc2c(c1)CCC2. The van der Waals surface area contributed by atoms with Gasteiger partial charge < -0.3 is 0 Å². The van der Waals surface area contributed by atoms with E-state index in [-0.39, 0.29) is 16.6 Å². The molecular formula is C28H24N4O2S. The molecule has 174 valence electrons. The number of hydrogen-bond acceptors (Lipinski definition) is 5. The summed E-state index contributed by atoms with van der Waals surface area (Å²) in [6.45, 7) is 2.30. The van der Waals surface area contributed by atoms with Crippen molar-refractivity contribution in [2.45, 2.75) is 43.1 Å². The van der Waals surface area contributed by atoms with Crippen LogP contribution < -0.4 is 5.56 Å². The van der Waals surface area contributed by atoms with E-state index in [9.17, 15) is 9.59 Å². The zero-order valence-electron chi connectivity index (χ0n) is 19.3. The lowest BCUT2D eigenvalue weighted by Gasteiger charge is -2.13. The summed E-state index contributed by atoms with van der Waals surface area (Å²) in [5.74, 6) is 0.542. The van der Waals surface area contributed by atoms with Crippen molar-refractivity contribution in [2.75, 3.05) is 0 Å². The first-order valence-corrected chi connectivity index (χ1v) is 12.7. The van der Waals surface area contributed by atoms with Gasteiger partial charge in [0.2, 0.25) is 5.78 Å². The Hall–Kier alpha value is -3.71. The van der Waals surface area contributed by atoms with E-state index in [0.29, 0.717) is 22.9 Å². The zero-order valence-corrected chi connectivity index (χ0v) is 20.2. The number of carbonyl (C=O) groups is 1. The maximum atomic E-state index is 13.4. The molecule has 1 atom stereocenters. The summed E-state index contributed by atoms with van der Waals surface area (Å²) < 4.78 is 3.55. The molecule has 0 bridgehead atoms. The quantitative estimate of drug-likeness (QED) is 0.254. The van der Waals surface area contributed by atoms with Crippen LogP contribution in [0, 0.1) is 0 Å². The highest BCUT2D eigenvalue weighted by atomic mass is 32.2. The molecule has 1 unspecified atom stereocenters. The van der Waals surface area contributed by atoms with Crippen LogP contribution in [-0.2, 0) is 19.4 Å². The number of aromatic nitrogens is 4. The molecule has 0 fully saturated rings. The molecule has 6 nitrogen and oxygen atoms in total. The second-order valence-corrected chi connectivity index (χ2v) is 10.3. The number of rotatable bonds is 6. The van der Waals surface area contributed by atoms with E-state index in [4.69, 9.17) is 0 Å². The molecule has 1 aliphatic rings. The Morgan fingerprint density at radius 2 is 1.74 bits per heavy atom. The van der Waals surface area contributed by atoms with Crippen molar-refractivity contribution < 1.29 is 4.79 Å². The molecule has 0 saturated heterocycles. The van der Waals surface area contributed by atoms with Gasteiger partial charge in [-0.15, -0.1) is 10.2 Å². The van der Waals surface area contributed by atoms with Crippen molar-refractivity contribution in [3.05, 3.63) is 105 Å². The molecule has 0 amide bonds. The summed E-state index contributed by atoms with van der Waals surface area (Å²) in [6.07, 6.45) is 3.29. The average molecular weight is 481 g/mol. The molecule has 6 rings (SSSR count). The Labute approximate surface area is 206 Å². The van der Waals surface area contributed by atoms with Gasteiger partial charge in [0, 0.05) is 5.56 Å². The summed E-state index contributed by atoms with van der Waals surface area (Å²) in [5, 5.41) is 9.67. The van der Waals surface area contributed by atoms with Crippen molar-refractivity contribution in [1.82, 2.24) is 19.2 Å². The number of aryl methyl sites for hydroxylation is 2. The molecule has 0 radical (unpaired) electrons. The third-order valence-corrected chi connectivity index (χ3v) is 7.74. The van der Waals surface area contributed by atoms with Crippen LogP contribution in [0.2, 0.25) is 0 Å². The van der Waals surface area contributed by atoms with E-state index in [2.05, 4.69) is 22.3 Å². The Morgan fingerprint density at radius 1 is 0.971 bits per heavy atom. The maximum absolute atomic E-state index is 13.4. The molecule has 3 aromatic carbocycles. The topological polar surface area (TPSA) is 69.3 Å². The Bertz CT molecular complexity index is 1640. The smallest absolute Gasteiger partial charge is 0.263 e. The van der Waals surface area contributed by atoms with Gasteiger partial charge >= 0.3 is 0 Å². The van der Waals surface area contributed by atoms with Crippen LogP contribution in [0.3, 0.4) is 0 Å². The van der Waals surface area contributed by atoms with Crippen molar-refractivity contribution >= 4 is 34.2 Å². The first-order chi connectivity index (χ1) is 17.1. The van der Waals surface area contributed by atoms with Crippen LogP contribution in [-0.4, -0.2) is 30.2 Å². The first-order valence-electron chi connectivity index (χ1n) is 11.8. The molecule has 2 heterocycles. The zero-order chi connectivity index (χ0) is 23.9. The largest absolute Gasteiger partial charge is 0.293 e. The number of fused-ring (bicyclic) bond motifs is 4. The Balaban J connectivity index is 1.41. The number of hydrogen-bond donors (Lipinski definition) is 0. The number of nitrogens with zero attached hydrogens (tertiary/aromatic N) is 4. The van der Waals surface area contributed by atoms with E-state index in [1.165, 1.54) is 22.9 Å². The van der Waals surface area contributed by atoms with E-state index in [1.807, 2.05) is 72.0 Å². The summed E-state index contributed by atoms with van der Waals surface area (Å²) in [4.78, 5) is 26.7. The standard InChI is InChI=1S/C28H24N4O2S/c1-18(25(33)22-15-14-20-10-7-11-21(20)16-22)35-28-30-29-27-31(17-19-8-3-2-4-9-19)26(34)23-12-5-6-13-24(23)32(27)28/h2-6,8-9,12-16,18H,7,10-11,17H2,1H3. The highest BCUT2D eigenvalue weighted by Gasteiger charge is 2.23. The summed E-state index contributed by atoms with van der Waals surface area (Å²) in [7, 11) is 0. The van der Waals surface area contributed by atoms with Crippen molar-refractivity contribution in [1.29, 1.82) is 0 Å². The van der Waals surface area contributed by atoms with Crippen molar-refractivity contribution in [3.8, 4) is 0 Å². The van der Waals surface area contributed by atoms with E-state index >= 15 is 0 Å².